The molecule has 0 bridgehead atoms. The highest BCUT2D eigenvalue weighted by Crippen LogP contribution is 2.28. The summed E-state index contributed by atoms with van der Waals surface area (Å²) >= 11 is 1.52. The van der Waals surface area contributed by atoms with Crippen LogP contribution in [0.5, 0.6) is 0 Å². The van der Waals surface area contributed by atoms with Crippen LogP contribution in [0.2, 0.25) is 0 Å². The minimum absolute atomic E-state index is 0.457. The van der Waals surface area contributed by atoms with Gasteiger partial charge in [-0.05, 0) is 43.2 Å². The Bertz CT molecular complexity index is 525. The number of hydrogen-bond donors (Lipinski definition) is 1. The summed E-state index contributed by atoms with van der Waals surface area (Å²) in [6.45, 7) is 7.10. The van der Waals surface area contributed by atoms with Crippen LogP contribution >= 0.6 is 11.3 Å². The molecule has 6 heteroatoms. The van der Waals surface area contributed by atoms with Crippen LogP contribution < -0.4 is 5.32 Å². The van der Waals surface area contributed by atoms with Crippen molar-refractivity contribution in [3.63, 3.8) is 0 Å². The maximum atomic E-state index is 12.8. The number of sulfonamides is 1. The summed E-state index contributed by atoms with van der Waals surface area (Å²) in [5.41, 5.74) is 0. The van der Waals surface area contributed by atoms with Gasteiger partial charge in [-0.25, -0.2) is 8.42 Å². The number of hydrogen-bond acceptors (Lipinski definition) is 4. The molecule has 4 nitrogen and oxygen atoms in total. The van der Waals surface area contributed by atoms with Gasteiger partial charge in [-0.2, -0.15) is 4.31 Å². The largest absolute Gasteiger partial charge is 0.312 e. The van der Waals surface area contributed by atoms with Gasteiger partial charge in [0.2, 0.25) is 10.0 Å². The molecular formula is C14H24N2O2S2. The molecule has 114 valence electrons. The Morgan fingerprint density at radius 3 is 3.00 bits per heavy atom. The lowest BCUT2D eigenvalue weighted by Crippen LogP contribution is -2.39. The van der Waals surface area contributed by atoms with E-state index in [9.17, 15) is 8.42 Å². The van der Waals surface area contributed by atoms with Gasteiger partial charge in [-0.15, -0.1) is 11.3 Å². The van der Waals surface area contributed by atoms with E-state index in [1.165, 1.54) is 11.3 Å². The van der Waals surface area contributed by atoms with E-state index in [1.54, 1.807) is 10.4 Å². The van der Waals surface area contributed by atoms with Crippen molar-refractivity contribution in [3.05, 3.63) is 16.3 Å². The summed E-state index contributed by atoms with van der Waals surface area (Å²) < 4.78 is 27.2. The summed E-state index contributed by atoms with van der Waals surface area (Å²) in [5.74, 6) is 0.457. The number of piperidine rings is 1. The van der Waals surface area contributed by atoms with Crippen LogP contribution in [0.4, 0.5) is 0 Å². The van der Waals surface area contributed by atoms with E-state index in [4.69, 9.17) is 0 Å². The highest BCUT2D eigenvalue weighted by Gasteiger charge is 2.30. The van der Waals surface area contributed by atoms with Gasteiger partial charge in [0, 0.05) is 24.5 Å². The second-order valence-corrected chi connectivity index (χ2v) is 8.40. The normalized spacial score (nSPS) is 21.2. The van der Waals surface area contributed by atoms with Crippen LogP contribution in [-0.2, 0) is 16.6 Å². The van der Waals surface area contributed by atoms with Crippen LogP contribution in [0.3, 0.4) is 0 Å². The quantitative estimate of drug-likeness (QED) is 0.821. The van der Waals surface area contributed by atoms with E-state index in [0.717, 1.165) is 30.7 Å². The first-order valence-corrected chi connectivity index (χ1v) is 9.65. The molecule has 0 aromatic carbocycles. The third-order valence-electron chi connectivity index (χ3n) is 3.65. The Labute approximate surface area is 126 Å². The summed E-state index contributed by atoms with van der Waals surface area (Å²) in [7, 11) is -3.32. The molecule has 0 saturated carbocycles. The van der Waals surface area contributed by atoms with Crippen LogP contribution in [0.15, 0.2) is 16.3 Å². The Kier molecular flexibility index (Phi) is 5.60. The molecule has 0 radical (unpaired) electrons. The van der Waals surface area contributed by atoms with Crippen molar-refractivity contribution >= 4 is 21.4 Å². The molecule has 2 heterocycles. The molecule has 1 aliphatic heterocycles. The van der Waals surface area contributed by atoms with Gasteiger partial charge in [0.15, 0.2) is 0 Å². The maximum Gasteiger partial charge on any atom is 0.244 e. The number of nitrogens with zero attached hydrogens (tertiary/aromatic N) is 1. The van der Waals surface area contributed by atoms with Crippen molar-refractivity contribution in [1.29, 1.82) is 0 Å². The fraction of sp³-hybridized carbons (Fsp3) is 0.714. The second-order valence-electron chi connectivity index (χ2n) is 5.50. The minimum Gasteiger partial charge on any atom is -0.312 e. The molecule has 1 aromatic rings. The second kappa shape index (κ2) is 7.02. The monoisotopic (exact) mass is 316 g/mol. The highest BCUT2D eigenvalue weighted by atomic mass is 32.2. The molecule has 1 unspecified atom stereocenters. The lowest BCUT2D eigenvalue weighted by molar-refractivity contribution is 0.281. The lowest BCUT2D eigenvalue weighted by Gasteiger charge is -2.30. The van der Waals surface area contributed by atoms with Gasteiger partial charge in [0.1, 0.15) is 0 Å². The van der Waals surface area contributed by atoms with E-state index >= 15 is 0 Å². The fourth-order valence-electron chi connectivity index (χ4n) is 2.57. The van der Waals surface area contributed by atoms with Gasteiger partial charge in [-0.3, -0.25) is 0 Å². The molecule has 1 aliphatic rings. The van der Waals surface area contributed by atoms with Crippen LogP contribution in [0, 0.1) is 5.92 Å². The SMILES string of the molecule is CCCNCc1sccc1S(=O)(=O)N1CCCC(C)C1. The number of thiophene rings is 1. The number of rotatable bonds is 6. The molecule has 2 rings (SSSR count). The van der Waals surface area contributed by atoms with Crippen molar-refractivity contribution in [2.24, 2.45) is 5.92 Å². The molecule has 0 spiro atoms. The van der Waals surface area contributed by atoms with Crippen molar-refractivity contribution in [1.82, 2.24) is 9.62 Å². The Balaban J connectivity index is 2.15. The van der Waals surface area contributed by atoms with E-state index in [-0.39, 0.29) is 0 Å². The van der Waals surface area contributed by atoms with Gasteiger partial charge >= 0.3 is 0 Å². The van der Waals surface area contributed by atoms with Crippen molar-refractivity contribution in [2.45, 2.75) is 44.6 Å². The Morgan fingerprint density at radius 1 is 1.50 bits per heavy atom. The van der Waals surface area contributed by atoms with E-state index in [2.05, 4.69) is 19.2 Å². The minimum atomic E-state index is -3.32. The van der Waals surface area contributed by atoms with Gasteiger partial charge in [-0.1, -0.05) is 13.8 Å². The molecule has 0 amide bonds. The van der Waals surface area contributed by atoms with Crippen molar-refractivity contribution in [3.8, 4) is 0 Å². The molecule has 1 atom stereocenters. The third-order valence-corrected chi connectivity index (χ3v) is 6.65. The zero-order valence-electron chi connectivity index (χ0n) is 12.3. The lowest BCUT2D eigenvalue weighted by atomic mass is 10.0. The van der Waals surface area contributed by atoms with E-state index in [1.807, 2.05) is 5.38 Å². The molecular weight excluding hydrogens is 292 g/mol. The fourth-order valence-corrected chi connectivity index (χ4v) is 5.55. The molecule has 20 heavy (non-hydrogen) atoms. The molecule has 1 saturated heterocycles. The van der Waals surface area contributed by atoms with Gasteiger partial charge in [0.05, 0.1) is 4.90 Å². The zero-order chi connectivity index (χ0) is 14.6. The van der Waals surface area contributed by atoms with E-state index in [0.29, 0.717) is 30.4 Å². The van der Waals surface area contributed by atoms with Crippen LogP contribution in [-0.4, -0.2) is 32.4 Å². The van der Waals surface area contributed by atoms with Crippen molar-refractivity contribution in [2.75, 3.05) is 19.6 Å². The van der Waals surface area contributed by atoms with Crippen LogP contribution in [0.25, 0.3) is 0 Å². The van der Waals surface area contributed by atoms with Crippen LogP contribution in [0.1, 0.15) is 38.0 Å². The zero-order valence-corrected chi connectivity index (χ0v) is 13.9. The van der Waals surface area contributed by atoms with Gasteiger partial charge in [0.25, 0.3) is 0 Å². The van der Waals surface area contributed by atoms with Gasteiger partial charge < -0.3 is 5.32 Å². The summed E-state index contributed by atoms with van der Waals surface area (Å²) in [4.78, 5) is 1.43. The Hall–Kier alpha value is -0.430. The molecule has 1 fully saturated rings. The Morgan fingerprint density at radius 2 is 2.30 bits per heavy atom. The topological polar surface area (TPSA) is 49.4 Å². The highest BCUT2D eigenvalue weighted by molar-refractivity contribution is 7.89. The smallest absolute Gasteiger partial charge is 0.244 e. The molecule has 0 aliphatic carbocycles. The standard InChI is InChI=1S/C14H24N2O2S2/c1-3-7-15-10-13-14(6-9-19-13)20(17,18)16-8-4-5-12(2)11-16/h6,9,12,15H,3-5,7-8,10-11H2,1-2H3. The number of nitrogens with one attached hydrogen (secondary N) is 1. The third kappa shape index (κ3) is 3.61. The summed E-state index contributed by atoms with van der Waals surface area (Å²) in [5, 5.41) is 5.17. The van der Waals surface area contributed by atoms with Crippen molar-refractivity contribution < 1.29 is 8.42 Å². The first-order valence-electron chi connectivity index (χ1n) is 7.33. The average Bonchev–Trinajstić information content (AvgIpc) is 2.88. The first kappa shape index (κ1) is 15.9. The predicted octanol–water partition coefficient (Wildman–Crippen LogP) is 2.67. The van der Waals surface area contributed by atoms with E-state index < -0.39 is 10.0 Å². The maximum absolute atomic E-state index is 12.8. The average molecular weight is 316 g/mol. The summed E-state index contributed by atoms with van der Waals surface area (Å²) in [6, 6.07) is 1.75. The molecule has 1 N–H and O–H groups in total. The first-order chi connectivity index (χ1) is 9.55. The predicted molar refractivity (Wildman–Crippen MR) is 83.5 cm³/mol. The molecule has 1 aromatic heterocycles. The summed E-state index contributed by atoms with van der Waals surface area (Å²) in [6.07, 6.45) is 3.14.